The molecule has 1 amide bonds. The van der Waals surface area contributed by atoms with Crippen molar-refractivity contribution in [2.45, 2.75) is 43.9 Å². The van der Waals surface area contributed by atoms with Gasteiger partial charge in [-0.25, -0.2) is 0 Å². The lowest BCUT2D eigenvalue weighted by Gasteiger charge is -2.52. The van der Waals surface area contributed by atoms with Crippen molar-refractivity contribution < 1.29 is 4.79 Å². The standard InChI is InChI=1S/C21H24N4O/c26-20-18-3-1-2-4-19(18)23-21(25(20)17-5-6-17)9-13-24(14-10-21)15-16-7-11-22-12-8-16/h1-4,7-8,11-12,17,23H,5-6,9-10,13-15H2. The molecule has 1 N–H and O–H groups in total. The second-order valence-electron chi connectivity index (χ2n) is 7.74. The van der Waals surface area contributed by atoms with E-state index in [2.05, 4.69) is 32.2 Å². The molecule has 3 aliphatic rings. The predicted octanol–water partition coefficient (Wildman–Crippen LogP) is 3.10. The zero-order chi connectivity index (χ0) is 17.6. The van der Waals surface area contributed by atoms with Gasteiger partial charge in [-0.1, -0.05) is 12.1 Å². The summed E-state index contributed by atoms with van der Waals surface area (Å²) in [6.45, 7) is 2.94. The van der Waals surface area contributed by atoms with E-state index in [1.807, 2.05) is 36.7 Å². The molecule has 2 aromatic rings. The van der Waals surface area contributed by atoms with Crippen LogP contribution in [0.4, 0.5) is 5.69 Å². The lowest BCUT2D eigenvalue weighted by Crippen LogP contribution is -2.64. The molecular formula is C21H24N4O. The van der Waals surface area contributed by atoms with Crippen molar-refractivity contribution in [3.05, 3.63) is 59.9 Å². The highest BCUT2D eigenvalue weighted by Crippen LogP contribution is 2.44. The lowest BCUT2D eigenvalue weighted by atomic mass is 9.89. The van der Waals surface area contributed by atoms with Crippen molar-refractivity contribution in [1.29, 1.82) is 0 Å². The maximum absolute atomic E-state index is 13.2. The average molecular weight is 348 g/mol. The smallest absolute Gasteiger partial charge is 0.258 e. The first-order valence-electron chi connectivity index (χ1n) is 9.57. The van der Waals surface area contributed by atoms with Crippen molar-refractivity contribution in [1.82, 2.24) is 14.8 Å². The van der Waals surface area contributed by atoms with Gasteiger partial charge in [0.1, 0.15) is 5.66 Å². The molecule has 26 heavy (non-hydrogen) atoms. The number of fused-ring (bicyclic) bond motifs is 1. The maximum atomic E-state index is 13.2. The number of rotatable bonds is 3. The molecule has 0 atom stereocenters. The first-order valence-corrected chi connectivity index (χ1v) is 9.57. The summed E-state index contributed by atoms with van der Waals surface area (Å²) in [4.78, 5) is 22.0. The summed E-state index contributed by atoms with van der Waals surface area (Å²) in [6.07, 6.45) is 7.92. The van der Waals surface area contributed by atoms with Gasteiger partial charge in [-0.2, -0.15) is 0 Å². The quantitative estimate of drug-likeness (QED) is 0.926. The van der Waals surface area contributed by atoms with Crippen molar-refractivity contribution in [2.24, 2.45) is 0 Å². The Kier molecular flexibility index (Phi) is 3.71. The topological polar surface area (TPSA) is 48.5 Å². The molecule has 3 heterocycles. The van der Waals surface area contributed by atoms with E-state index < -0.39 is 0 Å². The van der Waals surface area contributed by atoms with Gasteiger partial charge in [0.15, 0.2) is 0 Å². The van der Waals surface area contributed by atoms with Gasteiger partial charge in [0.2, 0.25) is 0 Å². The minimum absolute atomic E-state index is 0.212. The number of carbonyl (C=O) groups is 1. The minimum atomic E-state index is -0.221. The van der Waals surface area contributed by atoms with E-state index in [0.717, 1.165) is 56.6 Å². The number of benzene rings is 1. The van der Waals surface area contributed by atoms with Crippen LogP contribution in [0, 0.1) is 0 Å². The highest BCUT2D eigenvalue weighted by atomic mass is 16.2. The summed E-state index contributed by atoms with van der Waals surface area (Å²) in [5.74, 6) is 0.212. The van der Waals surface area contributed by atoms with Gasteiger partial charge in [0, 0.05) is 56.6 Å². The third-order valence-corrected chi connectivity index (χ3v) is 5.96. The summed E-state index contributed by atoms with van der Waals surface area (Å²) in [5.41, 5.74) is 2.90. The number of likely N-dealkylation sites (tertiary alicyclic amines) is 1. The Labute approximate surface area is 154 Å². The van der Waals surface area contributed by atoms with Crippen LogP contribution in [0.25, 0.3) is 0 Å². The Bertz CT molecular complexity index is 810. The van der Waals surface area contributed by atoms with E-state index in [0.29, 0.717) is 6.04 Å². The van der Waals surface area contributed by atoms with E-state index in [-0.39, 0.29) is 11.6 Å². The van der Waals surface area contributed by atoms with Crippen LogP contribution in [0.5, 0.6) is 0 Å². The molecule has 1 spiro atoms. The van der Waals surface area contributed by atoms with Gasteiger partial charge in [-0.15, -0.1) is 0 Å². The van der Waals surface area contributed by atoms with Crippen LogP contribution in [-0.2, 0) is 6.54 Å². The molecule has 0 radical (unpaired) electrons. The third kappa shape index (κ3) is 2.67. The van der Waals surface area contributed by atoms with Crippen molar-refractivity contribution in [3.63, 3.8) is 0 Å². The van der Waals surface area contributed by atoms with E-state index in [1.165, 1.54) is 5.56 Å². The largest absolute Gasteiger partial charge is 0.362 e. The van der Waals surface area contributed by atoms with Crippen LogP contribution in [0.1, 0.15) is 41.6 Å². The molecule has 1 saturated carbocycles. The summed E-state index contributed by atoms with van der Waals surface area (Å²) in [7, 11) is 0. The summed E-state index contributed by atoms with van der Waals surface area (Å²) in [6, 6.07) is 12.5. The van der Waals surface area contributed by atoms with Crippen LogP contribution < -0.4 is 5.32 Å². The number of piperidine rings is 1. The van der Waals surface area contributed by atoms with E-state index >= 15 is 0 Å². The summed E-state index contributed by atoms with van der Waals surface area (Å²) >= 11 is 0. The van der Waals surface area contributed by atoms with E-state index in [4.69, 9.17) is 0 Å². The maximum Gasteiger partial charge on any atom is 0.258 e. The molecule has 134 valence electrons. The average Bonchev–Trinajstić information content (AvgIpc) is 3.50. The molecule has 5 heteroatoms. The summed E-state index contributed by atoms with van der Waals surface area (Å²) < 4.78 is 0. The Morgan fingerprint density at radius 1 is 1.08 bits per heavy atom. The van der Waals surface area contributed by atoms with Crippen LogP contribution >= 0.6 is 0 Å². The van der Waals surface area contributed by atoms with Gasteiger partial charge in [0.25, 0.3) is 5.91 Å². The first-order chi connectivity index (χ1) is 12.8. The fraction of sp³-hybridized carbons (Fsp3) is 0.429. The lowest BCUT2D eigenvalue weighted by molar-refractivity contribution is 0.0221. The number of nitrogens with zero attached hydrogens (tertiary/aromatic N) is 3. The first kappa shape index (κ1) is 15.8. The van der Waals surface area contributed by atoms with Gasteiger partial charge in [-0.05, 0) is 42.7 Å². The molecule has 2 aliphatic heterocycles. The zero-order valence-electron chi connectivity index (χ0n) is 14.9. The molecular weight excluding hydrogens is 324 g/mol. The molecule has 0 unspecified atom stereocenters. The zero-order valence-corrected chi connectivity index (χ0v) is 14.9. The monoisotopic (exact) mass is 348 g/mol. The fourth-order valence-electron chi connectivity index (χ4n) is 4.46. The molecule has 1 aromatic carbocycles. The van der Waals surface area contributed by atoms with E-state index in [9.17, 15) is 4.79 Å². The van der Waals surface area contributed by atoms with Gasteiger partial charge >= 0.3 is 0 Å². The molecule has 2 fully saturated rings. The van der Waals surface area contributed by atoms with Crippen LogP contribution in [0.2, 0.25) is 0 Å². The number of aromatic nitrogens is 1. The molecule has 1 aromatic heterocycles. The number of anilines is 1. The van der Waals surface area contributed by atoms with Crippen LogP contribution in [-0.4, -0.2) is 45.5 Å². The summed E-state index contributed by atoms with van der Waals surface area (Å²) in [5, 5.41) is 3.77. The Balaban J connectivity index is 1.38. The molecule has 5 nitrogen and oxygen atoms in total. The van der Waals surface area contributed by atoms with Gasteiger partial charge in [0.05, 0.1) is 5.56 Å². The van der Waals surface area contributed by atoms with Gasteiger partial charge in [-0.3, -0.25) is 14.7 Å². The number of pyridine rings is 1. The van der Waals surface area contributed by atoms with Crippen LogP contribution in [0.15, 0.2) is 48.8 Å². The second kappa shape index (κ2) is 6.09. The normalized spacial score (nSPS) is 22.2. The van der Waals surface area contributed by atoms with E-state index in [1.54, 1.807) is 0 Å². The number of para-hydroxylation sites is 1. The van der Waals surface area contributed by atoms with Crippen molar-refractivity contribution >= 4 is 11.6 Å². The van der Waals surface area contributed by atoms with Crippen molar-refractivity contribution in [3.8, 4) is 0 Å². The third-order valence-electron chi connectivity index (χ3n) is 5.96. The van der Waals surface area contributed by atoms with Crippen LogP contribution in [0.3, 0.4) is 0 Å². The predicted molar refractivity (Wildman–Crippen MR) is 101 cm³/mol. The number of carbonyl (C=O) groups excluding carboxylic acids is 1. The Morgan fingerprint density at radius 3 is 2.54 bits per heavy atom. The number of hydrogen-bond acceptors (Lipinski definition) is 4. The highest BCUT2D eigenvalue weighted by Gasteiger charge is 2.51. The fourth-order valence-corrected chi connectivity index (χ4v) is 4.46. The SMILES string of the molecule is O=C1c2ccccc2NC2(CCN(Cc3ccncc3)CC2)N1C1CC1. The highest BCUT2D eigenvalue weighted by molar-refractivity contribution is 6.02. The molecule has 0 bridgehead atoms. The minimum Gasteiger partial charge on any atom is -0.362 e. The van der Waals surface area contributed by atoms with Gasteiger partial charge < -0.3 is 10.2 Å². The second-order valence-corrected chi connectivity index (χ2v) is 7.74. The van der Waals surface area contributed by atoms with Crippen molar-refractivity contribution in [2.75, 3.05) is 18.4 Å². The number of hydrogen-bond donors (Lipinski definition) is 1. The molecule has 1 aliphatic carbocycles. The molecule has 1 saturated heterocycles. The Hall–Kier alpha value is -2.40. The Morgan fingerprint density at radius 2 is 1.81 bits per heavy atom. The molecule has 5 rings (SSSR count). The number of amides is 1. The number of nitrogens with one attached hydrogen (secondary N) is 1.